The summed E-state index contributed by atoms with van der Waals surface area (Å²) >= 11 is 1.65. The van der Waals surface area contributed by atoms with Crippen molar-refractivity contribution in [3.8, 4) is 11.1 Å². The van der Waals surface area contributed by atoms with Crippen molar-refractivity contribution < 1.29 is 27.8 Å². The molecule has 5 aromatic carbocycles. The van der Waals surface area contributed by atoms with E-state index in [1.807, 2.05) is 122 Å². The fraction of sp³-hybridized carbons (Fsp3) is 0.217. The highest BCUT2D eigenvalue weighted by molar-refractivity contribution is 7.99. The second-order valence-electron chi connectivity index (χ2n) is 14.0. The number of aliphatic hydroxyl groups is 1. The maximum absolute atomic E-state index is 13.7. The maximum Gasteiger partial charge on any atom is 0.241 e. The predicted molar refractivity (Wildman–Crippen MR) is 223 cm³/mol. The molecule has 0 radical (unpaired) electrons. The van der Waals surface area contributed by atoms with E-state index in [4.69, 9.17) is 9.47 Å². The number of aromatic nitrogens is 1. The number of carbonyl (C=O) groups excluding carboxylic acids is 1. The number of rotatable bonds is 15. The molecule has 0 saturated carbocycles. The van der Waals surface area contributed by atoms with Crippen LogP contribution in [-0.4, -0.2) is 42.3 Å². The van der Waals surface area contributed by atoms with Gasteiger partial charge in [-0.25, -0.2) is 13.4 Å². The summed E-state index contributed by atoms with van der Waals surface area (Å²) in [6.07, 6.45) is 1.70. The molecule has 9 nitrogen and oxygen atoms in total. The van der Waals surface area contributed by atoms with Gasteiger partial charge in [-0.15, -0.1) is 11.8 Å². The lowest BCUT2D eigenvalue weighted by atomic mass is 9.99. The molecule has 11 heteroatoms. The quantitative estimate of drug-likeness (QED) is 0.0891. The summed E-state index contributed by atoms with van der Waals surface area (Å²) < 4.78 is 42.6. The molecule has 1 aromatic heterocycles. The Hall–Kier alpha value is -5.14. The van der Waals surface area contributed by atoms with Gasteiger partial charge in [0.2, 0.25) is 15.9 Å². The number of aliphatic hydroxyl groups excluding tert-OH is 1. The first kappa shape index (κ1) is 40.1. The average molecular weight is 800 g/mol. The largest absolute Gasteiger partial charge is 0.392 e. The van der Waals surface area contributed by atoms with Crippen LogP contribution in [0.4, 0.5) is 0 Å². The molecule has 1 fully saturated rings. The van der Waals surface area contributed by atoms with E-state index in [0.717, 1.165) is 49.5 Å². The summed E-state index contributed by atoms with van der Waals surface area (Å²) in [5.74, 6) is 0.277. The second-order valence-corrected chi connectivity index (χ2v) is 16.8. The second kappa shape index (κ2) is 18.9. The van der Waals surface area contributed by atoms with Gasteiger partial charge in [0, 0.05) is 30.5 Å². The molecule has 0 spiro atoms. The van der Waals surface area contributed by atoms with Crippen LogP contribution < -0.4 is 10.0 Å². The summed E-state index contributed by atoms with van der Waals surface area (Å²) in [4.78, 5) is 18.3. The first-order valence-electron chi connectivity index (χ1n) is 18.9. The number of amides is 1. The Morgan fingerprint density at radius 3 is 2.25 bits per heavy atom. The monoisotopic (exact) mass is 799 g/mol. The Balaban J connectivity index is 1.06. The van der Waals surface area contributed by atoms with E-state index in [0.29, 0.717) is 12.2 Å². The highest BCUT2D eigenvalue weighted by atomic mass is 32.2. The van der Waals surface area contributed by atoms with Gasteiger partial charge in [-0.1, -0.05) is 115 Å². The van der Waals surface area contributed by atoms with E-state index in [-0.39, 0.29) is 36.7 Å². The zero-order valence-electron chi connectivity index (χ0n) is 31.5. The van der Waals surface area contributed by atoms with Gasteiger partial charge < -0.3 is 19.9 Å². The molecule has 0 aliphatic carbocycles. The molecule has 1 saturated heterocycles. The van der Waals surface area contributed by atoms with Crippen molar-refractivity contribution in [2.75, 3.05) is 5.75 Å². The van der Waals surface area contributed by atoms with Gasteiger partial charge in [0.15, 0.2) is 6.29 Å². The van der Waals surface area contributed by atoms with Crippen LogP contribution in [0.25, 0.3) is 11.1 Å². The fourth-order valence-corrected chi connectivity index (χ4v) is 8.76. The molecule has 57 heavy (non-hydrogen) atoms. The lowest BCUT2D eigenvalue weighted by Crippen LogP contribution is -2.47. The highest BCUT2D eigenvalue weighted by Crippen LogP contribution is 2.40. The number of carbonyl (C=O) groups is 1. The Kier molecular flexibility index (Phi) is 13.3. The van der Waals surface area contributed by atoms with Gasteiger partial charge in [-0.2, -0.15) is 4.72 Å². The van der Waals surface area contributed by atoms with Crippen molar-refractivity contribution in [2.24, 2.45) is 0 Å². The molecule has 2 heterocycles. The van der Waals surface area contributed by atoms with E-state index < -0.39 is 28.3 Å². The minimum Gasteiger partial charge on any atom is -0.392 e. The topological polar surface area (TPSA) is 127 Å². The number of pyridine rings is 1. The Labute approximate surface area is 338 Å². The number of nitrogens with zero attached hydrogens (tertiary/aromatic N) is 1. The van der Waals surface area contributed by atoms with Gasteiger partial charge in [-0.3, -0.25) is 4.79 Å². The highest BCUT2D eigenvalue weighted by Gasteiger charge is 2.33. The van der Waals surface area contributed by atoms with Crippen LogP contribution >= 0.6 is 11.8 Å². The molecule has 0 unspecified atom stereocenters. The van der Waals surface area contributed by atoms with E-state index >= 15 is 0 Å². The molecule has 7 rings (SSSR count). The number of benzene rings is 5. The summed E-state index contributed by atoms with van der Waals surface area (Å²) in [5, 5.41) is 13.5. The van der Waals surface area contributed by atoms with Crippen LogP contribution in [-0.2, 0) is 43.9 Å². The van der Waals surface area contributed by atoms with Crippen molar-refractivity contribution in [2.45, 2.75) is 67.4 Å². The molecular weight excluding hydrogens is 755 g/mol. The van der Waals surface area contributed by atoms with Gasteiger partial charge in [0.25, 0.3) is 0 Å². The molecule has 4 atom stereocenters. The maximum atomic E-state index is 13.7. The van der Waals surface area contributed by atoms with Crippen molar-refractivity contribution in [3.63, 3.8) is 0 Å². The van der Waals surface area contributed by atoms with Crippen LogP contribution in [0.15, 0.2) is 162 Å². The van der Waals surface area contributed by atoms with Crippen LogP contribution in [0.2, 0.25) is 0 Å². The lowest BCUT2D eigenvalue weighted by molar-refractivity contribution is -0.245. The third-order valence-corrected chi connectivity index (χ3v) is 12.3. The van der Waals surface area contributed by atoms with Crippen molar-refractivity contribution in [1.82, 2.24) is 15.0 Å². The molecule has 1 amide bonds. The molecule has 3 N–H and O–H groups in total. The van der Waals surface area contributed by atoms with Crippen LogP contribution in [0, 0.1) is 6.92 Å². The van der Waals surface area contributed by atoms with Crippen LogP contribution in [0.1, 0.15) is 52.2 Å². The minimum atomic E-state index is -3.97. The number of sulfonamides is 1. The van der Waals surface area contributed by atoms with Gasteiger partial charge in [0.1, 0.15) is 6.04 Å². The van der Waals surface area contributed by atoms with Gasteiger partial charge in [0.05, 0.1) is 28.7 Å². The van der Waals surface area contributed by atoms with Crippen LogP contribution in [0.5, 0.6) is 0 Å². The number of aryl methyl sites for hydroxylation is 1. The third kappa shape index (κ3) is 10.8. The van der Waals surface area contributed by atoms with E-state index in [2.05, 4.69) is 21.1 Å². The Morgan fingerprint density at radius 1 is 0.789 bits per heavy atom. The zero-order chi connectivity index (χ0) is 39.6. The van der Waals surface area contributed by atoms with Crippen molar-refractivity contribution in [1.29, 1.82) is 0 Å². The molecule has 292 valence electrons. The minimum absolute atomic E-state index is 0.0217. The fourth-order valence-electron chi connectivity index (χ4n) is 6.68. The van der Waals surface area contributed by atoms with Gasteiger partial charge in [-0.05, 0) is 83.1 Å². The number of nitrogens with one attached hydrogen (secondary N) is 2. The Morgan fingerprint density at radius 2 is 1.51 bits per heavy atom. The van der Waals surface area contributed by atoms with E-state index in [1.165, 1.54) is 0 Å². The normalized spacial score (nSPS) is 17.5. The van der Waals surface area contributed by atoms with Crippen molar-refractivity contribution in [3.05, 3.63) is 185 Å². The number of ether oxygens (including phenoxy) is 2. The number of thioether (sulfide) groups is 1. The first-order chi connectivity index (χ1) is 27.7. The van der Waals surface area contributed by atoms with Gasteiger partial charge >= 0.3 is 0 Å². The number of hydrogen-bond donors (Lipinski definition) is 3. The Bertz CT molecular complexity index is 2340. The molecular formula is C46H45N3O6S2. The molecule has 1 aliphatic rings. The van der Waals surface area contributed by atoms with E-state index in [9.17, 15) is 18.3 Å². The molecule has 0 bridgehead atoms. The molecule has 1 aliphatic heterocycles. The lowest BCUT2D eigenvalue weighted by Gasteiger charge is -2.36. The number of hydrogen-bond acceptors (Lipinski definition) is 8. The van der Waals surface area contributed by atoms with Crippen molar-refractivity contribution >= 4 is 27.7 Å². The third-order valence-electron chi connectivity index (χ3n) is 9.78. The first-order valence-corrected chi connectivity index (χ1v) is 21.3. The molecule has 6 aromatic rings. The zero-order valence-corrected chi connectivity index (χ0v) is 33.2. The summed E-state index contributed by atoms with van der Waals surface area (Å²) in [5.41, 5.74) is 7.26. The standard InChI is InChI=1S/C46H45N3O6S2/c1-32-16-22-41(23-17-32)57(52,53)49-42(26-33-9-3-2-4-10-33)45(51)48-29-35-11-7-12-37(25-35)38-13-8-14-39(27-38)46-54-40(31-56-44-15-5-6-24-47-44)28-43(55-46)36-20-18-34(30-50)19-21-36/h2-25,27,40,42-43,46,49-50H,26,28-31H2,1H3,(H,48,51)/t40-,42-,43+,46+/m1/s1. The summed E-state index contributed by atoms with van der Waals surface area (Å²) in [6.45, 7) is 2.06. The SMILES string of the molecule is Cc1ccc(S(=O)(=O)N[C@H](Cc2ccccc2)C(=O)NCc2cccc(-c3cccc([C@H]4O[C@@H](CSc5ccccn5)C[C@@H](c5ccc(CO)cc5)O4)c3)c2)cc1. The van der Waals surface area contributed by atoms with Crippen LogP contribution in [0.3, 0.4) is 0 Å². The smallest absolute Gasteiger partial charge is 0.241 e. The summed E-state index contributed by atoms with van der Waals surface area (Å²) in [7, 11) is -3.97. The predicted octanol–water partition coefficient (Wildman–Crippen LogP) is 8.09. The summed E-state index contributed by atoms with van der Waals surface area (Å²) in [6, 6.07) is 44.6. The average Bonchev–Trinajstić information content (AvgIpc) is 3.25. The van der Waals surface area contributed by atoms with E-state index in [1.54, 1.807) is 42.2 Å².